The van der Waals surface area contributed by atoms with Gasteiger partial charge in [-0.1, -0.05) is 15.9 Å². The molecule has 1 amide bonds. The molecule has 1 fully saturated rings. The normalized spacial score (nSPS) is 21.2. The molecule has 6 nitrogen and oxygen atoms in total. The Hall–Kier alpha value is -2.68. The Labute approximate surface area is 192 Å². The molecule has 2 aromatic rings. The molecule has 2 aromatic carbocycles. The van der Waals surface area contributed by atoms with Crippen molar-refractivity contribution >= 4 is 27.5 Å². The Balaban J connectivity index is 1.49. The number of benzene rings is 2. The van der Waals surface area contributed by atoms with Crippen LogP contribution in [-0.4, -0.2) is 47.0 Å². The summed E-state index contributed by atoms with van der Waals surface area (Å²) in [6.45, 7) is -0.0568. The van der Waals surface area contributed by atoms with Crippen LogP contribution in [0.25, 0.3) is 0 Å². The van der Waals surface area contributed by atoms with E-state index in [1.807, 2.05) is 17.0 Å². The summed E-state index contributed by atoms with van der Waals surface area (Å²) < 4.78 is 37.0. The molecule has 0 aliphatic carbocycles. The third-order valence-corrected chi connectivity index (χ3v) is 6.85. The van der Waals surface area contributed by atoms with Crippen LogP contribution in [0.15, 0.2) is 52.0 Å². The van der Waals surface area contributed by atoms with Gasteiger partial charge in [0.25, 0.3) is 0 Å². The van der Waals surface area contributed by atoms with E-state index in [2.05, 4.69) is 31.7 Å². The number of rotatable bonds is 3. The summed E-state index contributed by atoms with van der Waals surface area (Å²) in [6, 6.07) is 12.6. The van der Waals surface area contributed by atoms with Crippen molar-refractivity contribution in [1.82, 2.24) is 9.91 Å². The Morgan fingerprint density at radius 3 is 2.59 bits per heavy atom. The first kappa shape index (κ1) is 21.2. The lowest BCUT2D eigenvalue weighted by Crippen LogP contribution is -2.59. The minimum Gasteiger partial charge on any atom is -0.466 e. The molecule has 3 heterocycles. The van der Waals surface area contributed by atoms with Crippen molar-refractivity contribution in [3.05, 3.63) is 58.1 Å². The fourth-order valence-corrected chi connectivity index (χ4v) is 5.14. The van der Waals surface area contributed by atoms with E-state index in [4.69, 9.17) is 9.84 Å². The first-order valence-electron chi connectivity index (χ1n) is 10.5. The van der Waals surface area contributed by atoms with Crippen LogP contribution in [0, 0.1) is 0 Å². The maximum absolute atomic E-state index is 12.5. The first-order valence-corrected chi connectivity index (χ1v) is 11.3. The summed E-state index contributed by atoms with van der Waals surface area (Å²) in [5.41, 5.74) is 2.14. The topological polar surface area (TPSA) is 54.4 Å². The van der Waals surface area contributed by atoms with Crippen molar-refractivity contribution in [2.45, 2.75) is 44.6 Å². The second-order valence-corrected chi connectivity index (χ2v) is 9.17. The van der Waals surface area contributed by atoms with Crippen molar-refractivity contribution < 1.29 is 23.0 Å². The van der Waals surface area contributed by atoms with Crippen LogP contribution >= 0.6 is 15.9 Å². The fourth-order valence-electron chi connectivity index (χ4n) is 4.76. The molecule has 1 atom stereocenters. The van der Waals surface area contributed by atoms with Crippen LogP contribution in [-0.2, 0) is 4.79 Å². The number of carbonyl (C=O) groups is 1. The zero-order valence-corrected chi connectivity index (χ0v) is 19.0. The zero-order chi connectivity index (χ0) is 22.5. The van der Waals surface area contributed by atoms with E-state index in [0.29, 0.717) is 32.4 Å². The van der Waals surface area contributed by atoms with E-state index in [1.54, 1.807) is 19.1 Å². The van der Waals surface area contributed by atoms with Crippen LogP contribution < -0.4 is 9.47 Å². The highest BCUT2D eigenvalue weighted by atomic mass is 79.9. The fraction of sp³-hybridized carbons (Fsp3) is 0.391. The maximum atomic E-state index is 12.5. The van der Waals surface area contributed by atoms with E-state index in [-0.39, 0.29) is 17.7 Å². The van der Waals surface area contributed by atoms with Crippen molar-refractivity contribution in [1.29, 1.82) is 0 Å². The summed E-state index contributed by atoms with van der Waals surface area (Å²) in [5, 5.41) is 7.02. The van der Waals surface area contributed by atoms with Gasteiger partial charge in [-0.3, -0.25) is 4.79 Å². The number of nitrogens with zero attached hydrogens (tertiary/aromatic N) is 3. The molecular formula is C23H22BrF2N3O3. The monoisotopic (exact) mass is 505 g/mol. The van der Waals surface area contributed by atoms with Crippen LogP contribution in [0.2, 0.25) is 0 Å². The number of piperidine rings is 1. The van der Waals surface area contributed by atoms with Crippen LogP contribution in [0.5, 0.6) is 11.5 Å². The zero-order valence-electron chi connectivity index (χ0n) is 17.4. The average Bonchev–Trinajstić information content (AvgIpc) is 3.22. The number of hydrogen-bond donors (Lipinski definition) is 0. The quantitative estimate of drug-likeness (QED) is 0.593. The number of ether oxygens (including phenoxy) is 2. The standard InChI is InChI=1S/C23H22BrF2N3O3/c1-14(30)28-10-8-23(9-11-28)29-20(18-12-16(24)4-7-21(18)32-23)13-19(27-29)15-2-5-17(6-3-15)31-22(25)26/h2-7,12,20,22H,8-11,13H2,1H3/t20-/m1/s1. The molecule has 32 heavy (non-hydrogen) atoms. The Morgan fingerprint density at radius 2 is 1.94 bits per heavy atom. The molecule has 3 aliphatic rings. The van der Waals surface area contributed by atoms with Gasteiger partial charge in [0.2, 0.25) is 11.6 Å². The number of hydrogen-bond acceptors (Lipinski definition) is 5. The molecule has 168 valence electrons. The van der Waals surface area contributed by atoms with Gasteiger partial charge in [-0.15, -0.1) is 0 Å². The van der Waals surface area contributed by atoms with Crippen LogP contribution in [0.1, 0.15) is 43.4 Å². The Bertz CT molecular complexity index is 1070. The molecule has 0 N–H and O–H groups in total. The number of carbonyl (C=O) groups excluding carboxylic acids is 1. The summed E-state index contributed by atoms with van der Waals surface area (Å²) in [5.74, 6) is 1.02. The number of amides is 1. The number of alkyl halides is 2. The minimum absolute atomic E-state index is 0.00730. The molecule has 3 aliphatic heterocycles. The molecule has 0 aromatic heterocycles. The highest BCUT2D eigenvalue weighted by Crippen LogP contribution is 2.50. The smallest absolute Gasteiger partial charge is 0.387 e. The van der Waals surface area contributed by atoms with Crippen LogP contribution in [0.3, 0.4) is 0 Å². The average molecular weight is 506 g/mol. The molecule has 0 radical (unpaired) electrons. The summed E-state index contributed by atoms with van der Waals surface area (Å²) in [4.78, 5) is 13.7. The highest BCUT2D eigenvalue weighted by Gasteiger charge is 2.52. The van der Waals surface area contributed by atoms with E-state index in [9.17, 15) is 13.6 Å². The number of hydrazone groups is 1. The molecule has 0 unspecified atom stereocenters. The molecule has 9 heteroatoms. The van der Waals surface area contributed by atoms with Gasteiger partial charge in [0.1, 0.15) is 11.5 Å². The van der Waals surface area contributed by atoms with Crippen molar-refractivity contribution in [2.24, 2.45) is 5.10 Å². The molecule has 1 saturated heterocycles. The third kappa shape index (κ3) is 3.72. The van der Waals surface area contributed by atoms with Crippen LogP contribution in [0.4, 0.5) is 8.78 Å². The minimum atomic E-state index is -2.86. The van der Waals surface area contributed by atoms with E-state index >= 15 is 0 Å². The molecule has 5 rings (SSSR count). The van der Waals surface area contributed by atoms with Gasteiger partial charge in [0.05, 0.1) is 11.8 Å². The number of likely N-dealkylation sites (tertiary alicyclic amines) is 1. The molecular weight excluding hydrogens is 484 g/mol. The second kappa shape index (κ2) is 8.03. The molecule has 0 bridgehead atoms. The second-order valence-electron chi connectivity index (χ2n) is 8.25. The van der Waals surface area contributed by atoms with Gasteiger partial charge in [-0.2, -0.15) is 13.9 Å². The molecule has 1 spiro atoms. The lowest BCUT2D eigenvalue weighted by atomic mass is 9.90. The van der Waals surface area contributed by atoms with E-state index in [0.717, 1.165) is 27.1 Å². The maximum Gasteiger partial charge on any atom is 0.387 e. The number of fused-ring (bicyclic) bond motifs is 4. The Kier molecular flexibility index (Phi) is 5.31. The lowest BCUT2D eigenvalue weighted by Gasteiger charge is -2.51. The van der Waals surface area contributed by atoms with Crippen molar-refractivity contribution in [3.8, 4) is 11.5 Å². The van der Waals surface area contributed by atoms with Gasteiger partial charge in [0, 0.05) is 49.3 Å². The van der Waals surface area contributed by atoms with Gasteiger partial charge >= 0.3 is 6.61 Å². The number of halogens is 3. The van der Waals surface area contributed by atoms with E-state index < -0.39 is 12.3 Å². The van der Waals surface area contributed by atoms with Gasteiger partial charge in [-0.25, -0.2) is 5.01 Å². The predicted molar refractivity (Wildman–Crippen MR) is 118 cm³/mol. The summed E-state index contributed by atoms with van der Waals surface area (Å²) in [7, 11) is 0. The van der Waals surface area contributed by atoms with Crippen molar-refractivity contribution in [2.75, 3.05) is 13.1 Å². The summed E-state index contributed by atoms with van der Waals surface area (Å²) >= 11 is 3.56. The summed E-state index contributed by atoms with van der Waals surface area (Å²) in [6.07, 6.45) is 1.97. The Morgan fingerprint density at radius 1 is 1.22 bits per heavy atom. The molecule has 0 saturated carbocycles. The lowest BCUT2D eigenvalue weighted by molar-refractivity contribution is -0.158. The van der Waals surface area contributed by atoms with Gasteiger partial charge < -0.3 is 14.4 Å². The SMILES string of the molecule is CC(=O)N1CCC2(CC1)Oc1ccc(Br)cc1[C@H]1CC(c3ccc(OC(F)F)cc3)=NN12. The van der Waals surface area contributed by atoms with E-state index in [1.165, 1.54) is 12.1 Å². The third-order valence-electron chi connectivity index (χ3n) is 6.36. The predicted octanol–water partition coefficient (Wildman–Crippen LogP) is 4.93. The van der Waals surface area contributed by atoms with Crippen molar-refractivity contribution in [3.63, 3.8) is 0 Å². The van der Waals surface area contributed by atoms with Gasteiger partial charge in [0.15, 0.2) is 0 Å². The first-order chi connectivity index (χ1) is 15.3. The largest absolute Gasteiger partial charge is 0.466 e. The highest BCUT2D eigenvalue weighted by molar-refractivity contribution is 9.10. The van der Waals surface area contributed by atoms with Gasteiger partial charge in [-0.05, 0) is 48.0 Å².